The van der Waals surface area contributed by atoms with Crippen molar-refractivity contribution in [2.75, 3.05) is 27.2 Å². The van der Waals surface area contributed by atoms with E-state index in [4.69, 9.17) is 5.73 Å². The van der Waals surface area contributed by atoms with Gasteiger partial charge in [-0.3, -0.25) is 4.79 Å². The molecule has 1 aliphatic rings. The van der Waals surface area contributed by atoms with Gasteiger partial charge in [0.25, 0.3) is 0 Å². The van der Waals surface area contributed by atoms with Crippen molar-refractivity contribution in [3.8, 4) is 0 Å². The number of amides is 3. The van der Waals surface area contributed by atoms with Gasteiger partial charge in [0.05, 0.1) is 0 Å². The largest absolute Gasteiger partial charge is 0.370 e. The molecule has 3 amide bonds. The highest BCUT2D eigenvalue weighted by molar-refractivity contribution is 5.75. The van der Waals surface area contributed by atoms with Gasteiger partial charge in [-0.25, -0.2) is 4.79 Å². The third kappa shape index (κ3) is 5.85. The Morgan fingerprint density at radius 3 is 2.54 bits per heavy atom. The second-order valence-corrected chi connectivity index (χ2v) is 6.84. The molecule has 0 aliphatic carbocycles. The molecule has 0 unspecified atom stereocenters. The summed E-state index contributed by atoms with van der Waals surface area (Å²) in [6.07, 6.45) is 2.24. The van der Waals surface area contributed by atoms with Crippen molar-refractivity contribution in [2.45, 2.75) is 32.4 Å². The summed E-state index contributed by atoms with van der Waals surface area (Å²) in [6.45, 7) is 2.76. The summed E-state index contributed by atoms with van der Waals surface area (Å²) in [5.74, 6) is -0.104. The minimum Gasteiger partial charge on any atom is -0.370 e. The number of hydrogen-bond acceptors (Lipinski definition) is 3. The maximum atomic E-state index is 12.3. The molecule has 1 fully saturated rings. The minimum absolute atomic E-state index is 0.0680. The standard InChI is InChI=1S/C18H28N4O2/c1-21(2)12-15-7-5-14(6-8-15)11-20-18(24)22-9-3-4-16(13-22)10-17(19)23/h5-8,16H,3-4,9-13H2,1-2H3,(H2,19,23)(H,20,24)/t16-/m0/s1. The summed E-state index contributed by atoms with van der Waals surface area (Å²) < 4.78 is 0. The van der Waals surface area contributed by atoms with E-state index >= 15 is 0 Å². The van der Waals surface area contributed by atoms with Gasteiger partial charge < -0.3 is 20.9 Å². The first-order chi connectivity index (χ1) is 11.4. The van der Waals surface area contributed by atoms with Crippen LogP contribution in [0, 0.1) is 5.92 Å². The van der Waals surface area contributed by atoms with E-state index in [-0.39, 0.29) is 17.9 Å². The monoisotopic (exact) mass is 332 g/mol. The van der Waals surface area contributed by atoms with Crippen LogP contribution in [0.25, 0.3) is 0 Å². The van der Waals surface area contributed by atoms with Crippen LogP contribution in [0.15, 0.2) is 24.3 Å². The first kappa shape index (κ1) is 18.3. The normalized spacial score (nSPS) is 17.8. The Labute approximate surface area is 144 Å². The molecule has 1 saturated heterocycles. The lowest BCUT2D eigenvalue weighted by Gasteiger charge is -2.32. The van der Waals surface area contributed by atoms with Crippen molar-refractivity contribution in [1.82, 2.24) is 15.1 Å². The Morgan fingerprint density at radius 2 is 1.92 bits per heavy atom. The fourth-order valence-corrected chi connectivity index (χ4v) is 3.12. The predicted molar refractivity (Wildman–Crippen MR) is 94.2 cm³/mol. The van der Waals surface area contributed by atoms with Gasteiger partial charge in [-0.05, 0) is 44.0 Å². The Kier molecular flexibility index (Phi) is 6.61. The molecule has 0 saturated carbocycles. The molecular formula is C18H28N4O2. The van der Waals surface area contributed by atoms with E-state index in [1.165, 1.54) is 5.56 Å². The highest BCUT2D eigenvalue weighted by atomic mass is 16.2. The summed E-state index contributed by atoms with van der Waals surface area (Å²) in [5.41, 5.74) is 7.59. The number of benzene rings is 1. The van der Waals surface area contributed by atoms with Gasteiger partial charge in [0.1, 0.15) is 0 Å². The van der Waals surface area contributed by atoms with Crippen LogP contribution < -0.4 is 11.1 Å². The molecule has 0 aromatic heterocycles. The number of likely N-dealkylation sites (tertiary alicyclic amines) is 1. The molecule has 1 aromatic rings. The van der Waals surface area contributed by atoms with Gasteiger partial charge in [-0.15, -0.1) is 0 Å². The lowest BCUT2D eigenvalue weighted by molar-refractivity contribution is -0.119. The quantitative estimate of drug-likeness (QED) is 0.829. The number of hydrogen-bond donors (Lipinski definition) is 2. The molecule has 2 rings (SSSR count). The summed E-state index contributed by atoms with van der Waals surface area (Å²) >= 11 is 0. The Hall–Kier alpha value is -2.08. The van der Waals surface area contributed by atoms with E-state index in [2.05, 4.69) is 22.3 Å². The molecule has 24 heavy (non-hydrogen) atoms. The fourth-order valence-electron chi connectivity index (χ4n) is 3.12. The van der Waals surface area contributed by atoms with Crippen molar-refractivity contribution in [2.24, 2.45) is 11.7 Å². The molecule has 0 radical (unpaired) electrons. The number of piperidine rings is 1. The molecule has 1 aromatic carbocycles. The molecule has 1 aliphatic heterocycles. The molecular weight excluding hydrogens is 304 g/mol. The maximum Gasteiger partial charge on any atom is 0.317 e. The molecule has 1 heterocycles. The van der Waals surface area contributed by atoms with Crippen LogP contribution >= 0.6 is 0 Å². The molecule has 0 bridgehead atoms. The average Bonchev–Trinajstić information content (AvgIpc) is 2.53. The van der Waals surface area contributed by atoms with Gasteiger partial charge in [-0.1, -0.05) is 24.3 Å². The van der Waals surface area contributed by atoms with Gasteiger partial charge >= 0.3 is 6.03 Å². The van der Waals surface area contributed by atoms with E-state index in [0.29, 0.717) is 19.5 Å². The molecule has 132 valence electrons. The van der Waals surface area contributed by atoms with E-state index in [1.54, 1.807) is 4.90 Å². The van der Waals surface area contributed by atoms with Crippen molar-refractivity contribution in [3.05, 3.63) is 35.4 Å². The van der Waals surface area contributed by atoms with Gasteiger partial charge in [-0.2, -0.15) is 0 Å². The summed E-state index contributed by atoms with van der Waals surface area (Å²) in [7, 11) is 4.08. The highest BCUT2D eigenvalue weighted by Gasteiger charge is 2.24. The zero-order valence-electron chi connectivity index (χ0n) is 14.6. The van der Waals surface area contributed by atoms with Crippen LogP contribution in [0.5, 0.6) is 0 Å². The van der Waals surface area contributed by atoms with Gasteiger partial charge in [0.2, 0.25) is 5.91 Å². The third-order valence-corrected chi connectivity index (χ3v) is 4.26. The first-order valence-electron chi connectivity index (χ1n) is 8.47. The fraction of sp³-hybridized carbons (Fsp3) is 0.556. The van der Waals surface area contributed by atoms with E-state index in [1.807, 2.05) is 26.2 Å². The maximum absolute atomic E-state index is 12.3. The number of nitrogens with zero attached hydrogens (tertiary/aromatic N) is 2. The Balaban J connectivity index is 1.80. The number of nitrogens with one attached hydrogen (secondary N) is 1. The van der Waals surface area contributed by atoms with Crippen LogP contribution in [0.4, 0.5) is 4.79 Å². The summed E-state index contributed by atoms with van der Waals surface area (Å²) in [6, 6.07) is 8.20. The average molecular weight is 332 g/mol. The molecule has 6 nitrogen and oxygen atoms in total. The van der Waals surface area contributed by atoms with Crippen LogP contribution in [-0.4, -0.2) is 48.9 Å². The van der Waals surface area contributed by atoms with Crippen molar-refractivity contribution < 1.29 is 9.59 Å². The van der Waals surface area contributed by atoms with Gasteiger partial charge in [0, 0.05) is 32.6 Å². The van der Waals surface area contributed by atoms with Crippen LogP contribution in [0.1, 0.15) is 30.4 Å². The smallest absolute Gasteiger partial charge is 0.317 e. The van der Waals surface area contributed by atoms with Crippen molar-refractivity contribution in [3.63, 3.8) is 0 Å². The predicted octanol–water partition coefficient (Wildman–Crippen LogP) is 1.55. The second-order valence-electron chi connectivity index (χ2n) is 6.84. The van der Waals surface area contributed by atoms with Crippen LogP contribution in [0.3, 0.4) is 0 Å². The van der Waals surface area contributed by atoms with E-state index < -0.39 is 0 Å². The SMILES string of the molecule is CN(C)Cc1ccc(CNC(=O)N2CCC[C@@H](CC(N)=O)C2)cc1. The highest BCUT2D eigenvalue weighted by Crippen LogP contribution is 2.19. The Morgan fingerprint density at radius 1 is 1.25 bits per heavy atom. The lowest BCUT2D eigenvalue weighted by atomic mass is 9.95. The Bertz CT molecular complexity index is 557. The van der Waals surface area contributed by atoms with Crippen LogP contribution in [-0.2, 0) is 17.9 Å². The molecule has 0 spiro atoms. The number of rotatable bonds is 6. The number of primary amides is 1. The summed E-state index contributed by atoms with van der Waals surface area (Å²) in [5, 5.41) is 2.96. The van der Waals surface area contributed by atoms with Crippen molar-refractivity contribution >= 4 is 11.9 Å². The summed E-state index contributed by atoms with van der Waals surface area (Å²) in [4.78, 5) is 27.3. The topological polar surface area (TPSA) is 78.7 Å². The van der Waals surface area contributed by atoms with E-state index in [9.17, 15) is 9.59 Å². The molecule has 1 atom stereocenters. The third-order valence-electron chi connectivity index (χ3n) is 4.26. The molecule has 6 heteroatoms. The first-order valence-corrected chi connectivity index (χ1v) is 8.47. The number of carbonyl (C=O) groups is 2. The van der Waals surface area contributed by atoms with E-state index in [0.717, 1.165) is 31.5 Å². The van der Waals surface area contributed by atoms with Crippen molar-refractivity contribution in [1.29, 1.82) is 0 Å². The number of nitrogens with two attached hydrogens (primary N) is 1. The lowest BCUT2D eigenvalue weighted by Crippen LogP contribution is -2.45. The molecule has 3 N–H and O–H groups in total. The number of urea groups is 1. The second kappa shape index (κ2) is 8.68. The minimum atomic E-state index is -0.292. The zero-order chi connectivity index (χ0) is 17.5. The van der Waals surface area contributed by atoms with Crippen LogP contribution in [0.2, 0.25) is 0 Å². The zero-order valence-corrected chi connectivity index (χ0v) is 14.6. The number of carbonyl (C=O) groups excluding carboxylic acids is 2. The van der Waals surface area contributed by atoms with Gasteiger partial charge in [0.15, 0.2) is 0 Å².